The van der Waals surface area contributed by atoms with Gasteiger partial charge in [0.25, 0.3) is 0 Å². The van der Waals surface area contributed by atoms with E-state index in [-0.39, 0.29) is 10.4 Å². The largest absolute Gasteiger partial charge is 0.372 e. The summed E-state index contributed by atoms with van der Waals surface area (Å²) >= 11 is 6.19. The predicted octanol–water partition coefficient (Wildman–Crippen LogP) is 4.38. The zero-order chi connectivity index (χ0) is 20.2. The van der Waals surface area contributed by atoms with Crippen LogP contribution in [0.5, 0.6) is 0 Å². The van der Waals surface area contributed by atoms with Crippen LogP contribution in [0.3, 0.4) is 0 Å². The lowest BCUT2D eigenvalue weighted by Gasteiger charge is -2.45. The molecule has 2 aromatic carbocycles. The highest BCUT2D eigenvalue weighted by molar-refractivity contribution is 7.89. The summed E-state index contributed by atoms with van der Waals surface area (Å²) < 4.78 is 42.7. The van der Waals surface area contributed by atoms with Crippen molar-refractivity contribution < 1.29 is 12.8 Å². The van der Waals surface area contributed by atoms with Gasteiger partial charge in [0.1, 0.15) is 5.82 Å². The van der Waals surface area contributed by atoms with Gasteiger partial charge in [0.2, 0.25) is 10.0 Å². The number of hydrogen-bond acceptors (Lipinski definition) is 3. The van der Waals surface area contributed by atoms with Gasteiger partial charge in [-0.05, 0) is 67.4 Å². The molecule has 1 saturated heterocycles. The number of nitrogens with one attached hydrogen (secondary N) is 1. The third kappa shape index (κ3) is 2.96. The Morgan fingerprint density at radius 2 is 1.76 bits per heavy atom. The summed E-state index contributed by atoms with van der Waals surface area (Å²) in [5.74, 6) is -0.451. The fourth-order valence-corrected chi connectivity index (χ4v) is 5.97. The van der Waals surface area contributed by atoms with Crippen molar-refractivity contribution in [1.82, 2.24) is 8.87 Å². The molecule has 150 valence electrons. The summed E-state index contributed by atoms with van der Waals surface area (Å²) in [6.45, 7) is 0.752. The van der Waals surface area contributed by atoms with Crippen LogP contribution in [0.15, 0.2) is 65.7 Å². The Kier molecular flexibility index (Phi) is 4.24. The topological polar surface area (TPSA) is 54.3 Å². The second-order valence-electron chi connectivity index (χ2n) is 7.49. The van der Waals surface area contributed by atoms with Crippen molar-refractivity contribution in [3.8, 4) is 5.69 Å². The molecule has 0 atom stereocenters. The van der Waals surface area contributed by atoms with Crippen LogP contribution in [-0.4, -0.2) is 30.4 Å². The highest BCUT2D eigenvalue weighted by Gasteiger charge is 2.43. The quantitative estimate of drug-likeness (QED) is 0.655. The maximum Gasteiger partial charge on any atom is 0.243 e. The first kappa shape index (κ1) is 18.7. The average molecular weight is 432 g/mol. The molecule has 0 amide bonds. The SMILES string of the molecule is O=S(=O)(c1ccc(F)cc1)N1CCC2(CC1)Nc1ccc(Cl)cc1-n1cccc12. The highest BCUT2D eigenvalue weighted by atomic mass is 35.5. The minimum absolute atomic E-state index is 0.120. The fraction of sp³-hybridized carbons (Fsp3) is 0.238. The van der Waals surface area contributed by atoms with Crippen LogP contribution in [0, 0.1) is 5.82 Å². The number of aromatic nitrogens is 1. The molecule has 1 fully saturated rings. The minimum Gasteiger partial charge on any atom is -0.372 e. The van der Waals surface area contributed by atoms with Gasteiger partial charge in [-0.25, -0.2) is 12.8 Å². The van der Waals surface area contributed by atoms with Gasteiger partial charge in [-0.1, -0.05) is 11.6 Å². The van der Waals surface area contributed by atoms with Crippen LogP contribution in [0.2, 0.25) is 5.02 Å². The first-order chi connectivity index (χ1) is 13.9. The smallest absolute Gasteiger partial charge is 0.243 e. The molecule has 5 nitrogen and oxygen atoms in total. The molecular formula is C21H19ClFN3O2S. The van der Waals surface area contributed by atoms with Gasteiger partial charge >= 0.3 is 0 Å². The third-order valence-electron chi connectivity index (χ3n) is 5.86. The van der Waals surface area contributed by atoms with Gasteiger partial charge in [0, 0.05) is 30.0 Å². The van der Waals surface area contributed by atoms with Crippen LogP contribution in [-0.2, 0) is 15.6 Å². The molecule has 3 aromatic rings. The van der Waals surface area contributed by atoms with Crippen molar-refractivity contribution in [2.45, 2.75) is 23.3 Å². The number of sulfonamides is 1. The van der Waals surface area contributed by atoms with E-state index in [1.807, 2.05) is 30.5 Å². The Morgan fingerprint density at radius 3 is 2.48 bits per heavy atom. The monoisotopic (exact) mass is 431 g/mol. The van der Waals surface area contributed by atoms with Crippen molar-refractivity contribution in [3.63, 3.8) is 0 Å². The van der Waals surface area contributed by atoms with Gasteiger partial charge in [-0.2, -0.15) is 4.31 Å². The first-order valence-electron chi connectivity index (χ1n) is 9.41. The molecule has 0 saturated carbocycles. The molecule has 1 N–H and O–H groups in total. The molecule has 0 radical (unpaired) electrons. The standard InChI is InChI=1S/C21H19ClFN3O2S/c22-15-3-8-18-19(14-15)26-11-1-2-20(26)21(24-18)9-12-25(13-10-21)29(27,28)17-6-4-16(23)5-7-17/h1-8,11,14,24H,9-10,12-13H2. The number of benzene rings is 2. The number of hydrogen-bond donors (Lipinski definition) is 1. The van der Waals surface area contributed by atoms with Gasteiger partial charge in [0.05, 0.1) is 21.8 Å². The number of halogens is 2. The molecule has 1 aromatic heterocycles. The van der Waals surface area contributed by atoms with Crippen molar-refractivity contribution >= 4 is 27.3 Å². The molecule has 5 rings (SSSR count). The molecule has 2 aliphatic heterocycles. The van der Waals surface area contributed by atoms with Crippen LogP contribution in [0.4, 0.5) is 10.1 Å². The molecule has 0 bridgehead atoms. The number of nitrogens with zero attached hydrogens (tertiary/aromatic N) is 2. The molecule has 0 unspecified atom stereocenters. The molecule has 3 heterocycles. The van der Waals surface area contributed by atoms with Crippen LogP contribution in [0.1, 0.15) is 18.5 Å². The Labute approximate surface area is 173 Å². The summed E-state index contributed by atoms with van der Waals surface area (Å²) in [6.07, 6.45) is 3.26. The summed E-state index contributed by atoms with van der Waals surface area (Å²) in [4.78, 5) is 0.120. The number of fused-ring (bicyclic) bond motifs is 4. The van der Waals surface area contributed by atoms with Gasteiger partial charge < -0.3 is 9.88 Å². The van der Waals surface area contributed by atoms with E-state index in [2.05, 4.69) is 16.0 Å². The van der Waals surface area contributed by atoms with E-state index in [1.165, 1.54) is 28.6 Å². The van der Waals surface area contributed by atoms with Crippen LogP contribution in [0.25, 0.3) is 5.69 Å². The molecule has 1 spiro atoms. The molecular weight excluding hydrogens is 413 g/mol. The van der Waals surface area contributed by atoms with E-state index < -0.39 is 15.8 Å². The Balaban J connectivity index is 1.45. The highest BCUT2D eigenvalue weighted by Crippen LogP contribution is 2.44. The normalized spacial score (nSPS) is 18.1. The first-order valence-corrected chi connectivity index (χ1v) is 11.2. The number of piperidine rings is 1. The maximum atomic E-state index is 13.2. The fourth-order valence-electron chi connectivity index (χ4n) is 4.36. The van der Waals surface area contributed by atoms with E-state index in [1.54, 1.807) is 0 Å². The van der Waals surface area contributed by atoms with Gasteiger partial charge in [0.15, 0.2) is 0 Å². The van der Waals surface area contributed by atoms with Crippen LogP contribution < -0.4 is 5.32 Å². The van der Waals surface area contributed by atoms with Gasteiger partial charge in [-0.15, -0.1) is 0 Å². The van der Waals surface area contributed by atoms with E-state index in [0.717, 1.165) is 17.1 Å². The lowest BCUT2D eigenvalue weighted by atomic mass is 9.83. The van der Waals surface area contributed by atoms with Crippen molar-refractivity contribution in [1.29, 1.82) is 0 Å². The Bertz CT molecular complexity index is 1180. The second kappa shape index (κ2) is 6.58. The molecule has 2 aliphatic rings. The van der Waals surface area contributed by atoms with Crippen molar-refractivity contribution in [2.75, 3.05) is 18.4 Å². The predicted molar refractivity (Wildman–Crippen MR) is 110 cm³/mol. The lowest BCUT2D eigenvalue weighted by molar-refractivity contribution is 0.247. The van der Waals surface area contributed by atoms with Crippen LogP contribution >= 0.6 is 11.6 Å². The van der Waals surface area contributed by atoms with E-state index in [9.17, 15) is 12.8 Å². The second-order valence-corrected chi connectivity index (χ2v) is 9.86. The summed E-state index contributed by atoms with van der Waals surface area (Å²) in [5, 5.41) is 4.32. The minimum atomic E-state index is -3.65. The molecule has 8 heteroatoms. The van der Waals surface area contributed by atoms with Gasteiger partial charge in [-0.3, -0.25) is 0 Å². The molecule has 0 aliphatic carbocycles. The Hall–Kier alpha value is -2.35. The lowest BCUT2D eigenvalue weighted by Crippen LogP contribution is -2.50. The number of rotatable bonds is 2. The van der Waals surface area contributed by atoms with E-state index >= 15 is 0 Å². The summed E-state index contributed by atoms with van der Waals surface area (Å²) in [7, 11) is -3.65. The van der Waals surface area contributed by atoms with Crippen molar-refractivity contribution in [2.24, 2.45) is 0 Å². The summed E-state index contributed by atoms with van der Waals surface area (Å²) in [6, 6.07) is 14.8. The third-order valence-corrected chi connectivity index (χ3v) is 8.01. The van der Waals surface area contributed by atoms with E-state index in [0.29, 0.717) is 31.0 Å². The summed E-state index contributed by atoms with van der Waals surface area (Å²) in [5.41, 5.74) is 2.72. The van der Waals surface area contributed by atoms with Crippen molar-refractivity contribution in [3.05, 3.63) is 77.3 Å². The zero-order valence-electron chi connectivity index (χ0n) is 15.5. The zero-order valence-corrected chi connectivity index (χ0v) is 17.0. The maximum absolute atomic E-state index is 13.2. The Morgan fingerprint density at radius 1 is 1.03 bits per heavy atom. The molecule has 29 heavy (non-hydrogen) atoms. The average Bonchev–Trinajstić information content (AvgIpc) is 3.21. The number of anilines is 1. The van der Waals surface area contributed by atoms with E-state index in [4.69, 9.17) is 11.6 Å².